The average molecular weight is 1480 g/mol. The molecule has 0 aromatic heterocycles. The normalized spacial score (nSPS) is 14.5. The van der Waals surface area contributed by atoms with Gasteiger partial charge in [-0.15, -0.1) is 0 Å². The van der Waals surface area contributed by atoms with Crippen molar-refractivity contribution in [3.05, 3.63) is 109 Å². The van der Waals surface area contributed by atoms with E-state index in [1.54, 1.807) is 0 Å². The van der Waals surface area contributed by atoms with Crippen LogP contribution in [-0.2, 0) is 65.4 Å². The van der Waals surface area contributed by atoms with E-state index in [2.05, 4.69) is 119 Å². The minimum absolute atomic E-state index is 0.0373. The fraction of sp³-hybridized carbons (Fsp3) is 0.735. The largest absolute Gasteiger partial charge is 0.472 e. The van der Waals surface area contributed by atoms with Crippen LogP contribution in [-0.4, -0.2) is 96.7 Å². The van der Waals surface area contributed by atoms with Crippen LogP contribution in [0.25, 0.3) is 0 Å². The molecule has 0 aromatic rings. The van der Waals surface area contributed by atoms with E-state index in [4.69, 9.17) is 37.0 Å². The van der Waals surface area contributed by atoms with Gasteiger partial charge in [0.1, 0.15) is 19.3 Å². The zero-order valence-electron chi connectivity index (χ0n) is 64.3. The summed E-state index contributed by atoms with van der Waals surface area (Å²) in [5, 5.41) is 10.6. The van der Waals surface area contributed by atoms with Crippen molar-refractivity contribution in [3.8, 4) is 0 Å². The van der Waals surface area contributed by atoms with E-state index in [-0.39, 0.29) is 25.7 Å². The van der Waals surface area contributed by atoms with Crippen molar-refractivity contribution in [2.75, 3.05) is 39.6 Å². The van der Waals surface area contributed by atoms with Gasteiger partial charge in [-0.2, -0.15) is 0 Å². The lowest BCUT2D eigenvalue weighted by Gasteiger charge is -2.21. The van der Waals surface area contributed by atoms with Crippen molar-refractivity contribution in [1.82, 2.24) is 0 Å². The molecule has 0 aliphatic rings. The molecule has 0 rings (SSSR count). The number of carbonyl (C=O) groups is 4. The van der Waals surface area contributed by atoms with E-state index in [9.17, 15) is 43.2 Å². The van der Waals surface area contributed by atoms with Crippen molar-refractivity contribution >= 4 is 39.5 Å². The zero-order valence-corrected chi connectivity index (χ0v) is 66.0. The van der Waals surface area contributed by atoms with Crippen LogP contribution in [0.5, 0.6) is 0 Å². The number of phosphoric ester groups is 2. The van der Waals surface area contributed by atoms with Crippen LogP contribution in [0.3, 0.4) is 0 Å². The monoisotopic (exact) mass is 1470 g/mol. The molecule has 5 unspecified atom stereocenters. The topological polar surface area (TPSA) is 237 Å². The van der Waals surface area contributed by atoms with Crippen molar-refractivity contribution in [2.45, 2.75) is 354 Å². The molecule has 0 saturated carbocycles. The minimum Gasteiger partial charge on any atom is -0.462 e. The van der Waals surface area contributed by atoms with E-state index >= 15 is 0 Å². The molecule has 588 valence electrons. The van der Waals surface area contributed by atoms with Crippen molar-refractivity contribution < 1.29 is 80.2 Å². The number of esters is 4. The summed E-state index contributed by atoms with van der Waals surface area (Å²) >= 11 is 0. The summed E-state index contributed by atoms with van der Waals surface area (Å²) in [6, 6.07) is 0. The lowest BCUT2D eigenvalue weighted by molar-refractivity contribution is -0.161. The van der Waals surface area contributed by atoms with Gasteiger partial charge in [-0.25, -0.2) is 9.13 Å². The first-order valence-electron chi connectivity index (χ1n) is 40.1. The molecule has 0 aliphatic heterocycles. The second-order valence-electron chi connectivity index (χ2n) is 26.6. The Morgan fingerprint density at radius 3 is 0.863 bits per heavy atom. The van der Waals surface area contributed by atoms with Crippen LogP contribution in [0.15, 0.2) is 109 Å². The average Bonchev–Trinajstić information content (AvgIpc) is 0.928. The van der Waals surface area contributed by atoms with Crippen molar-refractivity contribution in [2.24, 2.45) is 0 Å². The molecule has 0 heterocycles. The molecule has 3 N–H and O–H groups in total. The van der Waals surface area contributed by atoms with Gasteiger partial charge in [0, 0.05) is 25.7 Å². The van der Waals surface area contributed by atoms with Gasteiger partial charge in [0.15, 0.2) is 12.2 Å². The number of aliphatic hydroxyl groups is 1. The van der Waals surface area contributed by atoms with Crippen molar-refractivity contribution in [3.63, 3.8) is 0 Å². The van der Waals surface area contributed by atoms with E-state index in [1.165, 1.54) is 109 Å². The second kappa shape index (κ2) is 75.0. The number of aliphatic hydroxyl groups excluding tert-OH is 1. The SMILES string of the molecule is CC/C=C\C/C=C\C/C=C\C/C=C\C/C=C\C/C=C\CCC(=O)OCC(COP(=O)(O)OCC(O)COP(=O)(O)OCC(COC(=O)CCCCCCCC/C=C\C/C=C\C/C=C\CCCCC)OC(=O)CCCCCCCCCCCCCCC)OC(=O)CCCCCCCCCCCCC. The third kappa shape index (κ3) is 74.0. The van der Waals surface area contributed by atoms with E-state index < -0.39 is 97.5 Å². The van der Waals surface area contributed by atoms with Crippen LogP contribution >= 0.6 is 15.6 Å². The van der Waals surface area contributed by atoms with Gasteiger partial charge in [0.2, 0.25) is 0 Å². The smallest absolute Gasteiger partial charge is 0.462 e. The maximum atomic E-state index is 13.1. The van der Waals surface area contributed by atoms with Crippen LogP contribution in [0, 0.1) is 0 Å². The Morgan fingerprint density at radius 2 is 0.529 bits per heavy atom. The van der Waals surface area contributed by atoms with Gasteiger partial charge >= 0.3 is 39.5 Å². The third-order valence-corrected chi connectivity index (χ3v) is 18.7. The Labute approximate surface area is 619 Å². The molecule has 102 heavy (non-hydrogen) atoms. The summed E-state index contributed by atoms with van der Waals surface area (Å²) in [6.07, 6.45) is 80.8. The van der Waals surface area contributed by atoms with Crippen LogP contribution < -0.4 is 0 Å². The molecule has 0 aromatic carbocycles. The quantitative estimate of drug-likeness (QED) is 0.0169. The van der Waals surface area contributed by atoms with Crippen LogP contribution in [0.1, 0.15) is 336 Å². The minimum atomic E-state index is -4.99. The molecule has 19 heteroatoms. The van der Waals surface area contributed by atoms with Gasteiger partial charge in [0.25, 0.3) is 0 Å². The number of allylic oxidation sites excluding steroid dienone is 18. The fourth-order valence-corrected chi connectivity index (χ4v) is 12.2. The van der Waals surface area contributed by atoms with Gasteiger partial charge in [0.05, 0.1) is 26.4 Å². The first-order chi connectivity index (χ1) is 49.7. The number of carbonyl (C=O) groups excluding carboxylic acids is 4. The lowest BCUT2D eigenvalue weighted by atomic mass is 10.0. The Hall–Kier alpha value is -4.28. The molecule has 0 saturated heterocycles. The third-order valence-electron chi connectivity index (χ3n) is 16.8. The molecular weight excluding hydrogens is 1330 g/mol. The first kappa shape index (κ1) is 97.7. The summed E-state index contributed by atoms with van der Waals surface area (Å²) in [5.41, 5.74) is 0. The Bertz CT molecular complexity index is 2360. The molecule has 17 nitrogen and oxygen atoms in total. The summed E-state index contributed by atoms with van der Waals surface area (Å²) < 4.78 is 68.5. The zero-order chi connectivity index (χ0) is 74.6. The predicted molar refractivity (Wildman–Crippen MR) is 418 cm³/mol. The summed E-state index contributed by atoms with van der Waals surface area (Å²) in [5.74, 6) is -2.27. The van der Waals surface area contributed by atoms with E-state index in [1.807, 2.05) is 18.2 Å². The van der Waals surface area contributed by atoms with E-state index in [0.717, 1.165) is 141 Å². The Balaban J connectivity index is 5.35. The van der Waals surface area contributed by atoms with Crippen molar-refractivity contribution in [1.29, 1.82) is 0 Å². The number of rotatable bonds is 75. The number of hydrogen-bond donors (Lipinski definition) is 3. The van der Waals surface area contributed by atoms with Gasteiger partial charge in [-0.1, -0.05) is 317 Å². The highest BCUT2D eigenvalue weighted by atomic mass is 31.2. The van der Waals surface area contributed by atoms with Crippen LogP contribution in [0.4, 0.5) is 0 Å². The first-order valence-corrected chi connectivity index (χ1v) is 43.1. The summed E-state index contributed by atoms with van der Waals surface area (Å²) in [4.78, 5) is 72.9. The highest BCUT2D eigenvalue weighted by Gasteiger charge is 2.30. The lowest BCUT2D eigenvalue weighted by Crippen LogP contribution is -2.30. The molecule has 0 amide bonds. The molecule has 0 bridgehead atoms. The standard InChI is InChI=1S/C83H144O17P2/c1-5-9-13-17-21-25-29-32-34-36-38-40-42-45-48-51-55-59-63-67-80(85)93-73-78(99-82(87)69-65-61-57-53-47-28-24-20-16-12-8-4)75-97-101(89,90)95-71-77(84)72-96-102(91,92)98-76-79(100-83(88)70-66-62-58-54-50-44-31-27-23-19-15-11-7-3)74-94-81(86)68-64-60-56-52-49-46-43-41-39-37-35-33-30-26-22-18-14-10-6-2/h9,13,21-22,25-26,32-35,38-41,45,48,55,59,77-79,84H,5-8,10-12,14-20,23-24,27-31,36-37,42-44,46-47,49-54,56-58,60-76H2,1-4H3,(H,89,90)(H,91,92)/b13-9-,25-21-,26-22-,34-32-,35-33-,40-38-,41-39-,48-45-,59-55-. The molecule has 0 radical (unpaired) electrons. The Kier molecular flexibility index (Phi) is 71.8. The van der Waals surface area contributed by atoms with Gasteiger partial charge in [-0.3, -0.25) is 37.3 Å². The molecule has 5 atom stereocenters. The maximum absolute atomic E-state index is 13.1. The van der Waals surface area contributed by atoms with Gasteiger partial charge < -0.3 is 33.8 Å². The Morgan fingerprint density at radius 1 is 0.284 bits per heavy atom. The number of ether oxygens (including phenoxy) is 4. The number of phosphoric acid groups is 2. The van der Waals surface area contributed by atoms with E-state index in [0.29, 0.717) is 32.1 Å². The predicted octanol–water partition coefficient (Wildman–Crippen LogP) is 23.3. The summed E-state index contributed by atoms with van der Waals surface area (Å²) in [6.45, 7) is 4.66. The second-order valence-corrected chi connectivity index (χ2v) is 29.5. The number of unbranched alkanes of at least 4 members (excludes halogenated alkanes) is 31. The molecule has 0 aliphatic carbocycles. The van der Waals surface area contributed by atoms with Crippen LogP contribution in [0.2, 0.25) is 0 Å². The fourth-order valence-electron chi connectivity index (χ4n) is 10.7. The number of hydrogen-bond acceptors (Lipinski definition) is 15. The maximum Gasteiger partial charge on any atom is 0.472 e. The highest BCUT2D eigenvalue weighted by molar-refractivity contribution is 7.47. The molecule has 0 spiro atoms. The molecular formula is C83H144O17P2. The highest BCUT2D eigenvalue weighted by Crippen LogP contribution is 2.45. The van der Waals surface area contributed by atoms with Gasteiger partial charge in [-0.05, 0) is 103 Å². The summed E-state index contributed by atoms with van der Waals surface area (Å²) in [7, 11) is -9.97. The molecule has 0 fully saturated rings.